The van der Waals surface area contributed by atoms with E-state index in [-0.39, 0.29) is 18.4 Å². The third-order valence-corrected chi connectivity index (χ3v) is 9.51. The molecule has 9 nitrogen and oxygen atoms in total. The second-order valence-corrected chi connectivity index (χ2v) is 12.5. The summed E-state index contributed by atoms with van der Waals surface area (Å²) in [4.78, 5) is 37.5. The fraction of sp³-hybridized carbons (Fsp3) is 0.344. The number of carbonyl (C=O) groups is 2. The number of nitrogens with two attached hydrogens (primary N) is 3. The zero-order valence-electron chi connectivity index (χ0n) is 24.9. The van der Waals surface area contributed by atoms with Crippen LogP contribution in [0.1, 0.15) is 41.6 Å². The van der Waals surface area contributed by atoms with Crippen molar-refractivity contribution in [2.45, 2.75) is 67.7 Å². The van der Waals surface area contributed by atoms with Crippen LogP contribution in [0, 0.1) is 6.92 Å². The van der Waals surface area contributed by atoms with E-state index in [1.807, 2.05) is 43.3 Å². The number of unbranched alkanes of at least 4 members (excludes halogenated alkanes) is 1. The van der Waals surface area contributed by atoms with Gasteiger partial charge < -0.3 is 32.4 Å². The number of amides is 2. The number of nitrogens with zero attached hydrogens (tertiary/aromatic N) is 2. The van der Waals surface area contributed by atoms with Crippen molar-refractivity contribution in [3.63, 3.8) is 0 Å². The van der Waals surface area contributed by atoms with Crippen LogP contribution < -0.4 is 22.5 Å². The fourth-order valence-electron chi connectivity index (χ4n) is 5.17. The SMILES string of the molecule is Cc1[nH]c2ccccc2c1C[C@@H](C(=O)NCc1cc(Cl)cc(Cl)c1Sc1ncccc1CN)N(C)C(=O)[C@@H](N)CCCCN. The molecule has 0 bridgehead atoms. The Balaban J connectivity index is 1.62. The summed E-state index contributed by atoms with van der Waals surface area (Å²) >= 11 is 14.4. The van der Waals surface area contributed by atoms with E-state index in [0.29, 0.717) is 51.5 Å². The van der Waals surface area contributed by atoms with E-state index in [1.54, 1.807) is 25.4 Å². The van der Waals surface area contributed by atoms with Gasteiger partial charge in [0.25, 0.3) is 0 Å². The quantitative estimate of drug-likeness (QED) is 0.121. The number of aryl methyl sites for hydroxylation is 1. The molecule has 0 saturated carbocycles. The Labute approximate surface area is 272 Å². The summed E-state index contributed by atoms with van der Waals surface area (Å²) < 4.78 is 0. The van der Waals surface area contributed by atoms with E-state index in [2.05, 4.69) is 15.3 Å². The number of hydrogen-bond acceptors (Lipinski definition) is 7. The first-order chi connectivity index (χ1) is 21.1. The highest BCUT2D eigenvalue weighted by molar-refractivity contribution is 7.99. The van der Waals surface area contributed by atoms with Crippen LogP contribution >= 0.6 is 35.0 Å². The number of pyridine rings is 1. The number of fused-ring (bicyclic) bond motifs is 1. The maximum Gasteiger partial charge on any atom is 0.243 e. The highest BCUT2D eigenvalue weighted by Crippen LogP contribution is 2.38. The van der Waals surface area contributed by atoms with Crippen LogP contribution in [0.4, 0.5) is 0 Å². The number of likely N-dealkylation sites (N-methyl/N-ethyl adjacent to an activating group) is 1. The van der Waals surface area contributed by atoms with Gasteiger partial charge in [0, 0.05) is 59.3 Å². The van der Waals surface area contributed by atoms with Gasteiger partial charge in [-0.2, -0.15) is 0 Å². The molecule has 0 saturated heterocycles. The summed E-state index contributed by atoms with van der Waals surface area (Å²) in [5.74, 6) is -0.626. The second kappa shape index (κ2) is 15.7. The van der Waals surface area contributed by atoms with Crippen molar-refractivity contribution in [3.05, 3.63) is 87.2 Å². The normalized spacial score (nSPS) is 12.7. The molecule has 0 spiro atoms. The molecule has 2 aromatic heterocycles. The monoisotopic (exact) mass is 655 g/mol. The van der Waals surface area contributed by atoms with Crippen molar-refractivity contribution < 1.29 is 9.59 Å². The van der Waals surface area contributed by atoms with Crippen molar-refractivity contribution >= 4 is 57.7 Å². The minimum absolute atomic E-state index is 0.125. The number of carbonyl (C=O) groups excluding carboxylic acids is 2. The summed E-state index contributed by atoms with van der Waals surface area (Å²) in [6, 6.07) is 13.5. The third-order valence-electron chi connectivity index (χ3n) is 7.64. The molecule has 2 amide bonds. The van der Waals surface area contributed by atoms with Crippen LogP contribution in [-0.2, 0) is 29.1 Å². The van der Waals surface area contributed by atoms with Crippen LogP contribution in [0.5, 0.6) is 0 Å². The van der Waals surface area contributed by atoms with Crippen molar-refractivity contribution in [2.24, 2.45) is 17.2 Å². The molecule has 8 N–H and O–H groups in total. The number of aromatic nitrogens is 2. The minimum Gasteiger partial charge on any atom is -0.358 e. The molecule has 234 valence electrons. The lowest BCUT2D eigenvalue weighted by atomic mass is 9.99. The average Bonchev–Trinajstić information content (AvgIpc) is 3.33. The predicted octanol–water partition coefficient (Wildman–Crippen LogP) is 4.93. The van der Waals surface area contributed by atoms with Crippen LogP contribution in [-0.4, -0.2) is 52.4 Å². The Morgan fingerprint density at radius 3 is 2.61 bits per heavy atom. The smallest absolute Gasteiger partial charge is 0.243 e. The van der Waals surface area contributed by atoms with Gasteiger partial charge in [0.15, 0.2) is 0 Å². The Bertz CT molecular complexity index is 1610. The summed E-state index contributed by atoms with van der Waals surface area (Å²) in [7, 11) is 1.63. The van der Waals surface area contributed by atoms with Crippen LogP contribution in [0.25, 0.3) is 10.9 Å². The first-order valence-corrected chi connectivity index (χ1v) is 16.1. The van der Waals surface area contributed by atoms with Crippen molar-refractivity contribution in [2.75, 3.05) is 13.6 Å². The lowest BCUT2D eigenvalue weighted by Gasteiger charge is -2.30. The molecule has 0 fully saturated rings. The number of rotatable bonds is 14. The van der Waals surface area contributed by atoms with Crippen LogP contribution in [0.2, 0.25) is 10.0 Å². The highest BCUT2D eigenvalue weighted by Gasteiger charge is 2.31. The number of benzene rings is 2. The molecule has 0 unspecified atom stereocenters. The first kappa shape index (κ1) is 33.8. The van der Waals surface area contributed by atoms with Gasteiger partial charge in [-0.05, 0) is 67.3 Å². The van der Waals surface area contributed by atoms with Gasteiger partial charge in [0.05, 0.1) is 11.1 Å². The fourth-order valence-corrected chi connectivity index (χ4v) is 6.83. The molecule has 0 radical (unpaired) electrons. The molecule has 2 atom stereocenters. The van der Waals surface area contributed by atoms with Gasteiger partial charge in [-0.3, -0.25) is 9.59 Å². The van der Waals surface area contributed by atoms with Gasteiger partial charge in [-0.25, -0.2) is 4.98 Å². The van der Waals surface area contributed by atoms with Gasteiger partial charge >= 0.3 is 0 Å². The molecule has 12 heteroatoms. The molecule has 0 aliphatic heterocycles. The molecule has 4 aromatic rings. The lowest BCUT2D eigenvalue weighted by Crippen LogP contribution is -2.53. The third kappa shape index (κ3) is 8.12. The zero-order chi connectivity index (χ0) is 31.8. The van der Waals surface area contributed by atoms with E-state index in [0.717, 1.165) is 40.6 Å². The van der Waals surface area contributed by atoms with E-state index in [1.165, 1.54) is 16.7 Å². The lowest BCUT2D eigenvalue weighted by molar-refractivity contribution is -0.140. The molecule has 4 rings (SSSR count). The summed E-state index contributed by atoms with van der Waals surface area (Å²) in [5, 5.41) is 5.63. The summed E-state index contributed by atoms with van der Waals surface area (Å²) in [6.07, 6.45) is 3.98. The Morgan fingerprint density at radius 2 is 1.86 bits per heavy atom. The predicted molar refractivity (Wildman–Crippen MR) is 179 cm³/mol. The Morgan fingerprint density at radius 1 is 1.09 bits per heavy atom. The molecular formula is C32H39Cl2N7O2S. The van der Waals surface area contributed by atoms with E-state index in [4.69, 9.17) is 40.4 Å². The van der Waals surface area contributed by atoms with Crippen molar-refractivity contribution in [1.29, 1.82) is 0 Å². The van der Waals surface area contributed by atoms with E-state index in [9.17, 15) is 9.59 Å². The molecule has 0 aliphatic rings. The summed E-state index contributed by atoms with van der Waals surface area (Å²) in [6.45, 7) is 2.94. The van der Waals surface area contributed by atoms with Gasteiger partial charge in [0.1, 0.15) is 11.1 Å². The average molecular weight is 657 g/mol. The topological polar surface area (TPSA) is 156 Å². The number of halogens is 2. The zero-order valence-corrected chi connectivity index (χ0v) is 27.2. The van der Waals surface area contributed by atoms with Gasteiger partial charge in [0.2, 0.25) is 11.8 Å². The van der Waals surface area contributed by atoms with Crippen LogP contribution in [0.15, 0.2) is 64.6 Å². The maximum atomic E-state index is 14.0. The summed E-state index contributed by atoms with van der Waals surface area (Å²) in [5.41, 5.74) is 22.3. The maximum absolute atomic E-state index is 14.0. The number of H-pyrrole nitrogens is 1. The van der Waals surface area contributed by atoms with Crippen molar-refractivity contribution in [3.8, 4) is 0 Å². The Kier molecular flexibility index (Phi) is 12.1. The standard InChI is InChI=1S/C32H39Cl2N7O2S/c1-19-24(23-9-3-4-11-27(23)40-19)16-28(41(2)32(43)26(37)10-5-6-12-35)30(42)39-18-21-14-22(33)15-25(34)29(21)44-31-20(17-36)8-7-13-38-31/h3-4,7-9,11,13-15,26,28,40H,5-6,10,12,16-18,35-37H2,1-2H3,(H,39,42)/t26-,28-/m0/s1. The highest BCUT2D eigenvalue weighted by atomic mass is 35.5. The number of para-hydroxylation sites is 1. The van der Waals surface area contributed by atoms with E-state index < -0.39 is 12.1 Å². The first-order valence-electron chi connectivity index (χ1n) is 14.5. The molecule has 0 aliphatic carbocycles. The molecule has 2 heterocycles. The molecule has 2 aromatic carbocycles. The number of nitrogens with one attached hydrogen (secondary N) is 2. The van der Waals surface area contributed by atoms with Gasteiger partial charge in [-0.15, -0.1) is 0 Å². The molecule has 44 heavy (non-hydrogen) atoms. The Hall–Kier alpha value is -3.12. The van der Waals surface area contributed by atoms with Gasteiger partial charge in [-0.1, -0.05) is 65.7 Å². The number of hydrogen-bond donors (Lipinski definition) is 5. The molecular weight excluding hydrogens is 617 g/mol. The van der Waals surface area contributed by atoms with Crippen LogP contribution in [0.3, 0.4) is 0 Å². The number of aromatic amines is 1. The largest absolute Gasteiger partial charge is 0.358 e. The minimum atomic E-state index is -0.827. The second-order valence-electron chi connectivity index (χ2n) is 10.7. The van der Waals surface area contributed by atoms with Crippen molar-refractivity contribution in [1.82, 2.24) is 20.2 Å². The van der Waals surface area contributed by atoms with E-state index >= 15 is 0 Å².